The Bertz CT molecular complexity index is 479. The minimum atomic E-state index is -3.39. The SMILES string of the molecule is CCOC(=O)CCS(=O)(=O)c1ccc(I)cc1. The van der Waals surface area contributed by atoms with Gasteiger partial charge < -0.3 is 4.74 Å². The van der Waals surface area contributed by atoms with Gasteiger partial charge in [-0.15, -0.1) is 0 Å². The van der Waals surface area contributed by atoms with Crippen LogP contribution in [0.5, 0.6) is 0 Å². The van der Waals surface area contributed by atoms with Gasteiger partial charge >= 0.3 is 5.97 Å². The Balaban J connectivity index is 2.69. The highest BCUT2D eigenvalue weighted by Gasteiger charge is 2.16. The van der Waals surface area contributed by atoms with E-state index in [1.54, 1.807) is 31.2 Å². The number of benzene rings is 1. The molecule has 4 nitrogen and oxygen atoms in total. The molecule has 0 aromatic heterocycles. The number of hydrogen-bond donors (Lipinski definition) is 0. The summed E-state index contributed by atoms with van der Waals surface area (Å²) in [5.41, 5.74) is 0. The van der Waals surface area contributed by atoms with Crippen LogP contribution in [-0.4, -0.2) is 26.7 Å². The number of carbonyl (C=O) groups is 1. The summed E-state index contributed by atoms with van der Waals surface area (Å²) in [5, 5.41) is 0. The second-order valence-electron chi connectivity index (χ2n) is 3.33. The third-order valence-electron chi connectivity index (χ3n) is 2.05. The first-order valence-electron chi connectivity index (χ1n) is 5.09. The Kier molecular flexibility index (Phi) is 5.38. The van der Waals surface area contributed by atoms with Gasteiger partial charge in [-0.05, 0) is 53.8 Å². The zero-order valence-corrected chi connectivity index (χ0v) is 12.3. The molecule has 6 heteroatoms. The van der Waals surface area contributed by atoms with E-state index in [0.717, 1.165) is 3.57 Å². The molecule has 0 atom stereocenters. The summed E-state index contributed by atoms with van der Waals surface area (Å²) < 4.78 is 29.3. The summed E-state index contributed by atoms with van der Waals surface area (Å²) >= 11 is 2.10. The van der Waals surface area contributed by atoms with Crippen molar-refractivity contribution in [1.29, 1.82) is 0 Å². The average Bonchev–Trinajstić information content (AvgIpc) is 2.28. The summed E-state index contributed by atoms with van der Waals surface area (Å²) in [4.78, 5) is 11.3. The minimum Gasteiger partial charge on any atom is -0.466 e. The van der Waals surface area contributed by atoms with Crippen molar-refractivity contribution >= 4 is 38.4 Å². The van der Waals surface area contributed by atoms with E-state index in [-0.39, 0.29) is 23.7 Å². The lowest BCUT2D eigenvalue weighted by atomic mass is 10.4. The zero-order valence-electron chi connectivity index (χ0n) is 9.35. The largest absolute Gasteiger partial charge is 0.466 e. The Morgan fingerprint density at radius 2 is 1.88 bits per heavy atom. The van der Waals surface area contributed by atoms with E-state index in [4.69, 9.17) is 0 Å². The first-order chi connectivity index (χ1) is 7.95. The Morgan fingerprint density at radius 1 is 1.29 bits per heavy atom. The third-order valence-corrected chi connectivity index (χ3v) is 4.50. The van der Waals surface area contributed by atoms with Crippen molar-refractivity contribution in [2.45, 2.75) is 18.2 Å². The molecule has 0 amide bonds. The molecule has 0 aliphatic rings. The molecule has 0 saturated heterocycles. The second-order valence-corrected chi connectivity index (χ2v) is 6.68. The number of halogens is 1. The van der Waals surface area contributed by atoms with Crippen LogP contribution in [0.4, 0.5) is 0 Å². The molecule has 0 aliphatic heterocycles. The van der Waals surface area contributed by atoms with Crippen LogP contribution in [0.2, 0.25) is 0 Å². The van der Waals surface area contributed by atoms with Gasteiger partial charge in [0, 0.05) is 3.57 Å². The van der Waals surface area contributed by atoms with Crippen LogP contribution < -0.4 is 0 Å². The molecule has 0 unspecified atom stereocenters. The molecule has 0 radical (unpaired) electrons. The van der Waals surface area contributed by atoms with Gasteiger partial charge in [-0.25, -0.2) is 8.42 Å². The normalized spacial score (nSPS) is 11.2. The number of rotatable bonds is 5. The van der Waals surface area contributed by atoms with Crippen LogP contribution in [0.25, 0.3) is 0 Å². The smallest absolute Gasteiger partial charge is 0.306 e. The van der Waals surface area contributed by atoms with E-state index in [1.165, 1.54) is 0 Å². The molecule has 1 aromatic rings. The number of hydrogen-bond acceptors (Lipinski definition) is 4. The highest BCUT2D eigenvalue weighted by molar-refractivity contribution is 14.1. The van der Waals surface area contributed by atoms with Gasteiger partial charge in [0.1, 0.15) is 0 Å². The predicted octanol–water partition coefficient (Wildman–Crippen LogP) is 2.02. The fourth-order valence-electron chi connectivity index (χ4n) is 1.21. The number of sulfone groups is 1. The van der Waals surface area contributed by atoms with Crippen LogP contribution in [-0.2, 0) is 19.4 Å². The Labute approximate surface area is 114 Å². The molecule has 0 aliphatic carbocycles. The van der Waals surface area contributed by atoms with Gasteiger partial charge in [-0.3, -0.25) is 4.79 Å². The van der Waals surface area contributed by atoms with Gasteiger partial charge in [-0.2, -0.15) is 0 Å². The minimum absolute atomic E-state index is 0.109. The van der Waals surface area contributed by atoms with Crippen molar-refractivity contribution in [3.63, 3.8) is 0 Å². The molecule has 94 valence electrons. The van der Waals surface area contributed by atoms with E-state index in [2.05, 4.69) is 27.3 Å². The molecule has 0 heterocycles. The standard InChI is InChI=1S/C11H13IO4S/c1-2-16-11(13)7-8-17(14,15)10-5-3-9(12)4-6-10/h3-6H,2,7-8H2,1H3. The molecule has 17 heavy (non-hydrogen) atoms. The number of esters is 1. The number of carbonyl (C=O) groups excluding carboxylic acids is 1. The predicted molar refractivity (Wildman–Crippen MR) is 72.5 cm³/mol. The summed E-state index contributed by atoms with van der Waals surface area (Å²) in [6, 6.07) is 6.53. The van der Waals surface area contributed by atoms with Gasteiger partial charge in [0.15, 0.2) is 9.84 Å². The van der Waals surface area contributed by atoms with Crippen LogP contribution in [0, 0.1) is 3.57 Å². The quantitative estimate of drug-likeness (QED) is 0.590. The van der Waals surface area contributed by atoms with Crippen LogP contribution in [0.1, 0.15) is 13.3 Å². The van der Waals surface area contributed by atoms with Gasteiger partial charge in [0.25, 0.3) is 0 Å². The van der Waals surface area contributed by atoms with Crippen molar-refractivity contribution in [2.75, 3.05) is 12.4 Å². The first-order valence-corrected chi connectivity index (χ1v) is 7.83. The fraction of sp³-hybridized carbons (Fsp3) is 0.364. The monoisotopic (exact) mass is 368 g/mol. The van der Waals surface area contributed by atoms with Crippen LogP contribution in [0.3, 0.4) is 0 Å². The fourth-order valence-corrected chi connectivity index (χ4v) is 2.79. The first kappa shape index (κ1) is 14.4. The third kappa shape index (κ3) is 4.63. The van der Waals surface area contributed by atoms with E-state index >= 15 is 0 Å². The summed E-state index contributed by atoms with van der Waals surface area (Å²) in [6.07, 6.45) is -0.109. The highest BCUT2D eigenvalue weighted by atomic mass is 127. The molecule has 0 fully saturated rings. The maximum atomic E-state index is 11.8. The van der Waals surface area contributed by atoms with E-state index in [0.29, 0.717) is 0 Å². The van der Waals surface area contributed by atoms with Crippen LogP contribution in [0.15, 0.2) is 29.2 Å². The Morgan fingerprint density at radius 3 is 2.41 bits per heavy atom. The van der Waals surface area contributed by atoms with Crippen molar-refractivity contribution in [2.24, 2.45) is 0 Å². The van der Waals surface area contributed by atoms with E-state index < -0.39 is 15.8 Å². The summed E-state index contributed by atoms with van der Waals surface area (Å²) in [7, 11) is -3.39. The van der Waals surface area contributed by atoms with Gasteiger partial charge in [0.05, 0.1) is 23.7 Å². The van der Waals surface area contributed by atoms with Crippen LogP contribution >= 0.6 is 22.6 Å². The van der Waals surface area contributed by atoms with E-state index in [9.17, 15) is 13.2 Å². The van der Waals surface area contributed by atoms with Gasteiger partial charge in [0.2, 0.25) is 0 Å². The lowest BCUT2D eigenvalue weighted by Gasteiger charge is -2.04. The second kappa shape index (κ2) is 6.34. The highest BCUT2D eigenvalue weighted by Crippen LogP contribution is 2.14. The molecule has 1 aromatic carbocycles. The summed E-state index contributed by atoms with van der Waals surface area (Å²) in [6.45, 7) is 1.95. The number of ether oxygens (including phenoxy) is 1. The molecule has 0 saturated carbocycles. The Hall–Kier alpha value is -0.630. The van der Waals surface area contributed by atoms with Crippen molar-refractivity contribution < 1.29 is 17.9 Å². The van der Waals surface area contributed by atoms with E-state index in [1.807, 2.05) is 0 Å². The maximum absolute atomic E-state index is 11.8. The van der Waals surface area contributed by atoms with Gasteiger partial charge in [-0.1, -0.05) is 0 Å². The molecule has 0 N–H and O–H groups in total. The molecular formula is C11H13IO4S. The average molecular weight is 368 g/mol. The molecule has 0 spiro atoms. The lowest BCUT2D eigenvalue weighted by molar-refractivity contribution is -0.142. The van der Waals surface area contributed by atoms with Crippen molar-refractivity contribution in [3.05, 3.63) is 27.8 Å². The molecule has 1 rings (SSSR count). The topological polar surface area (TPSA) is 60.4 Å². The molecule has 0 bridgehead atoms. The maximum Gasteiger partial charge on any atom is 0.306 e. The van der Waals surface area contributed by atoms with Crippen molar-refractivity contribution in [3.8, 4) is 0 Å². The zero-order chi connectivity index (χ0) is 12.9. The van der Waals surface area contributed by atoms with Crippen molar-refractivity contribution in [1.82, 2.24) is 0 Å². The summed E-state index contributed by atoms with van der Waals surface area (Å²) in [5.74, 6) is -0.700. The molecular weight excluding hydrogens is 355 g/mol. The lowest BCUT2D eigenvalue weighted by Crippen LogP contribution is -2.13.